The molecular formula is C29H27F4N5O4S. The molecule has 2 aliphatic rings. The number of amidine groups is 1. The van der Waals surface area contributed by atoms with E-state index >= 15 is 13.2 Å². The zero-order valence-electron chi connectivity index (χ0n) is 22.5. The van der Waals surface area contributed by atoms with Crippen LogP contribution in [0.3, 0.4) is 0 Å². The number of likely N-dealkylation sites (tertiary alicyclic amines) is 1. The van der Waals surface area contributed by atoms with E-state index in [4.69, 9.17) is 11.1 Å². The number of carbonyl (C=O) groups is 3. The molecule has 43 heavy (non-hydrogen) atoms. The Hall–Kier alpha value is -4.30. The summed E-state index contributed by atoms with van der Waals surface area (Å²) in [4.78, 5) is 40.3. The highest BCUT2D eigenvalue weighted by atomic mass is 32.1. The van der Waals surface area contributed by atoms with Crippen LogP contribution >= 0.6 is 11.3 Å². The molecular weight excluding hydrogens is 590 g/mol. The second-order valence-electron chi connectivity index (χ2n) is 10.5. The topological polar surface area (TPSA) is 149 Å². The van der Waals surface area contributed by atoms with Crippen molar-refractivity contribution in [2.75, 3.05) is 26.4 Å². The average Bonchev–Trinajstić information content (AvgIpc) is 3.69. The van der Waals surface area contributed by atoms with Crippen LogP contribution in [0, 0.1) is 5.41 Å². The fourth-order valence-electron chi connectivity index (χ4n) is 5.36. The third-order valence-electron chi connectivity index (χ3n) is 7.60. The Morgan fingerprint density at radius 1 is 1.09 bits per heavy atom. The van der Waals surface area contributed by atoms with Gasteiger partial charge in [-0.15, -0.1) is 11.3 Å². The van der Waals surface area contributed by atoms with Crippen LogP contribution in [0.4, 0.5) is 17.6 Å². The summed E-state index contributed by atoms with van der Waals surface area (Å²) >= 11 is 1.11. The first-order valence-electron chi connectivity index (χ1n) is 13.2. The van der Waals surface area contributed by atoms with Gasteiger partial charge in [0.25, 0.3) is 11.8 Å². The maximum atomic E-state index is 15.1. The summed E-state index contributed by atoms with van der Waals surface area (Å²) in [5, 5.41) is 23.7. The molecule has 6 N–H and O–H groups in total. The Labute approximate surface area is 247 Å². The van der Waals surface area contributed by atoms with Crippen molar-refractivity contribution in [2.24, 2.45) is 5.73 Å². The van der Waals surface area contributed by atoms with E-state index in [2.05, 4.69) is 10.6 Å². The number of benzene rings is 2. The molecule has 5 rings (SSSR count). The lowest BCUT2D eigenvalue weighted by Crippen LogP contribution is -2.50. The highest BCUT2D eigenvalue weighted by Crippen LogP contribution is 2.51. The Morgan fingerprint density at radius 2 is 1.81 bits per heavy atom. The molecule has 3 aromatic rings. The van der Waals surface area contributed by atoms with E-state index in [1.807, 2.05) is 0 Å². The molecule has 1 aromatic heterocycles. The van der Waals surface area contributed by atoms with E-state index in [1.54, 1.807) is 17.5 Å². The summed E-state index contributed by atoms with van der Waals surface area (Å²) in [6, 6.07) is 8.86. The van der Waals surface area contributed by atoms with Gasteiger partial charge in [-0.25, -0.2) is 8.78 Å². The first kappa shape index (κ1) is 30.2. The first-order chi connectivity index (χ1) is 20.4. The number of aliphatic hydroxyl groups is 1. The van der Waals surface area contributed by atoms with Crippen LogP contribution in [0.1, 0.15) is 44.4 Å². The molecule has 9 nitrogen and oxygen atoms in total. The number of alkyl halides is 4. The molecule has 0 saturated carbocycles. The predicted octanol–water partition coefficient (Wildman–Crippen LogP) is 3.01. The number of thiophene rings is 1. The number of nitrogen functional groups attached to an aromatic ring is 1. The van der Waals surface area contributed by atoms with Crippen LogP contribution in [0.25, 0.3) is 11.1 Å². The van der Waals surface area contributed by atoms with Crippen LogP contribution in [0.2, 0.25) is 0 Å². The molecule has 1 fully saturated rings. The van der Waals surface area contributed by atoms with Gasteiger partial charge in [-0.1, -0.05) is 30.3 Å². The van der Waals surface area contributed by atoms with Crippen molar-refractivity contribution in [3.8, 4) is 11.1 Å². The molecule has 14 heteroatoms. The largest absolute Gasteiger partial charge is 0.394 e. The van der Waals surface area contributed by atoms with E-state index in [9.17, 15) is 23.9 Å². The third kappa shape index (κ3) is 5.59. The van der Waals surface area contributed by atoms with Gasteiger partial charge in [0.05, 0.1) is 25.7 Å². The van der Waals surface area contributed by atoms with Crippen molar-refractivity contribution in [1.29, 1.82) is 5.41 Å². The number of amides is 3. The van der Waals surface area contributed by atoms with Crippen molar-refractivity contribution in [2.45, 2.75) is 30.1 Å². The minimum absolute atomic E-state index is 0.134. The molecule has 0 bridgehead atoms. The lowest BCUT2D eigenvalue weighted by molar-refractivity contribution is -0.138. The minimum atomic E-state index is -3.33. The number of nitrogens with two attached hydrogens (primary N) is 1. The molecule has 2 heterocycles. The number of hydrogen-bond donors (Lipinski definition) is 5. The number of halogens is 4. The smallest absolute Gasteiger partial charge is 0.299 e. The van der Waals surface area contributed by atoms with E-state index in [-0.39, 0.29) is 28.1 Å². The van der Waals surface area contributed by atoms with E-state index in [0.717, 1.165) is 22.3 Å². The average molecular weight is 618 g/mol. The summed E-state index contributed by atoms with van der Waals surface area (Å²) < 4.78 is 58.8. The summed E-state index contributed by atoms with van der Waals surface area (Å²) in [6.07, 6.45) is -0.656. The van der Waals surface area contributed by atoms with Gasteiger partial charge < -0.3 is 26.4 Å². The van der Waals surface area contributed by atoms with E-state index in [0.29, 0.717) is 16.0 Å². The Bertz CT molecular complexity index is 1610. The van der Waals surface area contributed by atoms with Gasteiger partial charge in [0.1, 0.15) is 18.6 Å². The lowest BCUT2D eigenvalue weighted by atomic mass is 10.0. The van der Waals surface area contributed by atoms with Gasteiger partial charge in [-0.2, -0.15) is 8.78 Å². The maximum Gasteiger partial charge on any atom is 0.299 e. The Morgan fingerprint density at radius 3 is 2.49 bits per heavy atom. The van der Waals surface area contributed by atoms with Gasteiger partial charge >= 0.3 is 0 Å². The molecule has 1 saturated heterocycles. The molecule has 3 atom stereocenters. The molecule has 1 aliphatic heterocycles. The maximum absolute atomic E-state index is 15.1. The van der Waals surface area contributed by atoms with Crippen molar-refractivity contribution in [3.05, 3.63) is 81.0 Å². The van der Waals surface area contributed by atoms with Crippen molar-refractivity contribution in [1.82, 2.24) is 15.5 Å². The monoisotopic (exact) mass is 617 g/mol. The highest BCUT2D eigenvalue weighted by Gasteiger charge is 2.50. The molecule has 3 amide bonds. The lowest BCUT2D eigenvalue weighted by Gasteiger charge is -2.25. The van der Waals surface area contributed by atoms with Gasteiger partial charge in [0.2, 0.25) is 11.8 Å². The van der Waals surface area contributed by atoms with Gasteiger partial charge in [0, 0.05) is 38.9 Å². The SMILES string of the molecule is N=C(N)c1csc([C@@H](CO)NC(=O)[C@@H]2C[C@](F)(CF)CN2C(=O)CNC(=O)c2ccc3c(c2)C(F)(F)c2ccccc2-3)c1. The number of nitrogens with one attached hydrogen (secondary N) is 3. The quantitative estimate of drug-likeness (QED) is 0.142. The predicted molar refractivity (Wildman–Crippen MR) is 150 cm³/mol. The zero-order valence-corrected chi connectivity index (χ0v) is 23.3. The molecule has 0 unspecified atom stereocenters. The summed E-state index contributed by atoms with van der Waals surface area (Å²) in [5.74, 6) is -6.14. The van der Waals surface area contributed by atoms with E-state index in [1.165, 1.54) is 30.3 Å². The van der Waals surface area contributed by atoms with Crippen molar-refractivity contribution < 1.29 is 37.1 Å². The van der Waals surface area contributed by atoms with Crippen molar-refractivity contribution >= 4 is 34.9 Å². The van der Waals surface area contributed by atoms with Gasteiger partial charge in [-0.05, 0) is 29.3 Å². The molecule has 0 spiro atoms. The second-order valence-corrected chi connectivity index (χ2v) is 11.4. The van der Waals surface area contributed by atoms with Crippen LogP contribution in [-0.4, -0.2) is 71.6 Å². The zero-order chi connectivity index (χ0) is 31.1. The van der Waals surface area contributed by atoms with Crippen LogP contribution in [-0.2, 0) is 15.5 Å². The van der Waals surface area contributed by atoms with Crippen molar-refractivity contribution in [3.63, 3.8) is 0 Å². The first-order valence-corrected chi connectivity index (χ1v) is 14.1. The number of carbonyl (C=O) groups excluding carboxylic acids is 3. The normalized spacial score (nSPS) is 20.7. The minimum Gasteiger partial charge on any atom is -0.394 e. The number of fused-ring (bicyclic) bond motifs is 3. The Kier molecular flexibility index (Phi) is 8.01. The number of hydrogen-bond acceptors (Lipinski definition) is 6. The van der Waals surface area contributed by atoms with Crippen LogP contribution in [0.5, 0.6) is 0 Å². The number of rotatable bonds is 9. The second kappa shape index (κ2) is 11.4. The van der Waals surface area contributed by atoms with Crippen LogP contribution in [0.15, 0.2) is 53.9 Å². The third-order valence-corrected chi connectivity index (χ3v) is 8.65. The summed E-state index contributed by atoms with van der Waals surface area (Å²) in [5.41, 5.74) is 3.29. The summed E-state index contributed by atoms with van der Waals surface area (Å²) in [6.45, 7) is -3.49. The van der Waals surface area contributed by atoms with Gasteiger partial charge in [0.15, 0.2) is 5.67 Å². The Balaban J connectivity index is 1.28. The molecule has 2 aromatic carbocycles. The van der Waals surface area contributed by atoms with Crippen LogP contribution < -0.4 is 16.4 Å². The molecule has 226 valence electrons. The fourth-order valence-corrected chi connectivity index (χ4v) is 6.31. The standard InChI is InChI=1S/C29H27F4N5O4S/c30-13-28(31)9-22(27(42)37-21(11-39)23-8-16(12-43-23)25(34)35)38(14-28)24(40)10-36-26(41)15-5-6-18-17-3-1-2-4-19(17)29(32,33)20(18)7-15/h1-8,12,21-22,39H,9-11,13-14H2,(H3,34,35)(H,36,41)(H,37,42)/t21-,22+,28+/m1/s1. The molecule has 0 radical (unpaired) electrons. The highest BCUT2D eigenvalue weighted by molar-refractivity contribution is 7.10. The fraction of sp³-hybridized carbons (Fsp3) is 0.310. The van der Waals surface area contributed by atoms with Gasteiger partial charge in [-0.3, -0.25) is 19.8 Å². The molecule has 1 aliphatic carbocycles. The van der Waals surface area contributed by atoms with E-state index < -0.39 is 74.2 Å². The number of nitrogens with zero attached hydrogens (tertiary/aromatic N) is 1. The number of aliphatic hydroxyl groups excluding tert-OH is 1. The summed E-state index contributed by atoms with van der Waals surface area (Å²) in [7, 11) is 0.